The number of hydrogen-bond donors (Lipinski definition) is 0. The van der Waals surface area contributed by atoms with Crippen LogP contribution in [-0.2, 0) is 16.0 Å². The molecule has 0 radical (unpaired) electrons. The number of halogens is 1. The summed E-state index contributed by atoms with van der Waals surface area (Å²) in [6, 6.07) is 0. The molecule has 0 bridgehead atoms. The number of rotatable bonds is 2. The van der Waals surface area contributed by atoms with Crippen LogP contribution in [0.15, 0.2) is 10.8 Å². The van der Waals surface area contributed by atoms with E-state index in [4.69, 9.17) is 9.47 Å². The van der Waals surface area contributed by atoms with E-state index in [-0.39, 0.29) is 12.2 Å². The number of carbonyl (C=O) groups excluding carboxylic acids is 1. The van der Waals surface area contributed by atoms with Gasteiger partial charge in [-0.15, -0.1) is 5.10 Å². The van der Waals surface area contributed by atoms with Crippen LogP contribution in [0.4, 0.5) is 4.79 Å². The lowest BCUT2D eigenvalue weighted by Crippen LogP contribution is -2.48. The molecular weight excluding hydrogens is 380 g/mol. The van der Waals surface area contributed by atoms with Crippen LogP contribution in [0.3, 0.4) is 0 Å². The van der Waals surface area contributed by atoms with E-state index in [1.165, 1.54) is 0 Å². The molecule has 3 heterocycles. The zero-order valence-corrected chi connectivity index (χ0v) is 15.4. The summed E-state index contributed by atoms with van der Waals surface area (Å²) in [4.78, 5) is 22.3. The lowest BCUT2D eigenvalue weighted by molar-refractivity contribution is -0.0481. The first-order valence-corrected chi connectivity index (χ1v) is 8.42. The Bertz CT molecular complexity index is 744. The van der Waals surface area contributed by atoms with Crippen LogP contribution in [0.1, 0.15) is 20.8 Å². The highest BCUT2D eigenvalue weighted by molar-refractivity contribution is 9.10. The average Bonchev–Trinajstić information content (AvgIpc) is 2.88. The molecule has 9 nitrogen and oxygen atoms in total. The molecule has 0 spiro atoms. The van der Waals surface area contributed by atoms with Gasteiger partial charge in [-0.1, -0.05) is 5.21 Å². The molecule has 24 heavy (non-hydrogen) atoms. The molecule has 1 saturated heterocycles. The van der Waals surface area contributed by atoms with Crippen LogP contribution in [0, 0.1) is 0 Å². The van der Waals surface area contributed by atoms with Crippen molar-refractivity contribution in [3.05, 3.63) is 10.8 Å². The largest absolute Gasteiger partial charge is 0.444 e. The summed E-state index contributed by atoms with van der Waals surface area (Å²) in [5.41, 5.74) is 0.523. The van der Waals surface area contributed by atoms with Gasteiger partial charge in [0.15, 0.2) is 5.65 Å². The van der Waals surface area contributed by atoms with E-state index >= 15 is 0 Å². The third-order valence-corrected chi connectivity index (χ3v) is 3.75. The lowest BCUT2D eigenvalue weighted by Gasteiger charge is -2.34. The molecule has 0 aromatic carbocycles. The molecule has 0 aliphatic carbocycles. The Morgan fingerprint density at radius 2 is 2.29 bits per heavy atom. The molecule has 1 aliphatic heterocycles. The minimum atomic E-state index is -0.519. The fourth-order valence-electron chi connectivity index (χ4n) is 2.37. The summed E-state index contributed by atoms with van der Waals surface area (Å²) < 4.78 is 13.4. The van der Waals surface area contributed by atoms with Crippen LogP contribution >= 0.6 is 15.9 Å². The molecule has 1 amide bonds. The van der Waals surface area contributed by atoms with Gasteiger partial charge in [-0.2, -0.15) is 0 Å². The van der Waals surface area contributed by atoms with Gasteiger partial charge in [-0.05, 0) is 36.7 Å². The molecule has 10 heteroatoms. The first-order valence-electron chi connectivity index (χ1n) is 7.63. The summed E-state index contributed by atoms with van der Waals surface area (Å²) in [7, 11) is 0. The van der Waals surface area contributed by atoms with Crippen LogP contribution < -0.4 is 0 Å². The Hall–Kier alpha value is -1.81. The van der Waals surface area contributed by atoms with Crippen molar-refractivity contribution >= 4 is 33.3 Å². The van der Waals surface area contributed by atoms with E-state index in [1.54, 1.807) is 15.8 Å². The van der Waals surface area contributed by atoms with Crippen molar-refractivity contribution in [2.45, 2.75) is 39.0 Å². The molecule has 130 valence electrons. The fraction of sp³-hybridized carbons (Fsp3) is 0.643. The zero-order valence-electron chi connectivity index (χ0n) is 13.8. The van der Waals surface area contributed by atoms with Crippen molar-refractivity contribution in [1.82, 2.24) is 29.9 Å². The highest BCUT2D eigenvalue weighted by Gasteiger charge is 2.29. The van der Waals surface area contributed by atoms with Gasteiger partial charge in [0.25, 0.3) is 0 Å². The molecular formula is C14H19BrN6O3. The van der Waals surface area contributed by atoms with Crippen LogP contribution in [-0.4, -0.2) is 67.4 Å². The van der Waals surface area contributed by atoms with Gasteiger partial charge in [0.2, 0.25) is 5.65 Å². The molecule has 2 aromatic heterocycles. The third kappa shape index (κ3) is 3.99. The number of carbonyl (C=O) groups is 1. The minimum absolute atomic E-state index is 0.211. The number of amides is 1. The molecule has 1 aliphatic rings. The SMILES string of the molecule is CC(C)(C)OC(=O)N1CCO[C@H](Cn2nnc3ncc(Br)nc32)C1. The topological polar surface area (TPSA) is 95.3 Å². The summed E-state index contributed by atoms with van der Waals surface area (Å²) in [6.07, 6.45) is 1.03. The molecule has 0 saturated carbocycles. The Morgan fingerprint density at radius 3 is 3.04 bits per heavy atom. The maximum absolute atomic E-state index is 12.2. The quantitative estimate of drug-likeness (QED) is 0.757. The summed E-state index contributed by atoms with van der Waals surface area (Å²) in [5.74, 6) is 0. The van der Waals surface area contributed by atoms with E-state index in [9.17, 15) is 4.79 Å². The Morgan fingerprint density at radius 1 is 1.50 bits per heavy atom. The van der Waals surface area contributed by atoms with Gasteiger partial charge in [-0.3, -0.25) is 0 Å². The fourth-order valence-corrected chi connectivity index (χ4v) is 2.64. The number of aromatic nitrogens is 5. The van der Waals surface area contributed by atoms with Gasteiger partial charge in [0, 0.05) is 6.54 Å². The normalized spacial score (nSPS) is 18.8. The average molecular weight is 399 g/mol. The molecule has 3 rings (SSSR count). The number of nitrogens with zero attached hydrogens (tertiary/aromatic N) is 6. The minimum Gasteiger partial charge on any atom is -0.444 e. The molecule has 1 fully saturated rings. The predicted octanol–water partition coefficient (Wildman–Crippen LogP) is 1.62. The van der Waals surface area contributed by atoms with Crippen LogP contribution in [0.25, 0.3) is 11.3 Å². The first kappa shape index (κ1) is 17.0. The second-order valence-electron chi connectivity index (χ2n) is 6.53. The van der Waals surface area contributed by atoms with E-state index in [0.29, 0.717) is 42.1 Å². The monoisotopic (exact) mass is 398 g/mol. The molecule has 0 N–H and O–H groups in total. The standard InChI is InChI=1S/C14H19BrN6O3/c1-14(2,3)24-13(22)20-4-5-23-9(7-20)8-21-12-11(18-19-21)16-6-10(15)17-12/h6,9H,4-5,7-8H2,1-3H3/t9-/m0/s1. The molecule has 2 aromatic rings. The zero-order chi connectivity index (χ0) is 17.3. The van der Waals surface area contributed by atoms with Crippen molar-refractivity contribution in [3.8, 4) is 0 Å². The maximum atomic E-state index is 12.2. The van der Waals surface area contributed by atoms with Crippen molar-refractivity contribution in [3.63, 3.8) is 0 Å². The third-order valence-electron chi connectivity index (χ3n) is 3.37. The smallest absolute Gasteiger partial charge is 0.410 e. The van der Waals surface area contributed by atoms with Crippen LogP contribution in [0.2, 0.25) is 0 Å². The van der Waals surface area contributed by atoms with Gasteiger partial charge < -0.3 is 14.4 Å². The molecule has 0 unspecified atom stereocenters. The first-order chi connectivity index (χ1) is 11.3. The van der Waals surface area contributed by atoms with E-state index in [1.807, 2.05) is 20.8 Å². The van der Waals surface area contributed by atoms with Gasteiger partial charge in [-0.25, -0.2) is 19.4 Å². The van der Waals surface area contributed by atoms with Gasteiger partial charge >= 0.3 is 6.09 Å². The van der Waals surface area contributed by atoms with Gasteiger partial charge in [0.1, 0.15) is 10.2 Å². The predicted molar refractivity (Wildman–Crippen MR) is 88.4 cm³/mol. The number of fused-ring (bicyclic) bond motifs is 1. The number of ether oxygens (including phenoxy) is 2. The number of morpholine rings is 1. The Balaban J connectivity index is 1.68. The van der Waals surface area contributed by atoms with Crippen molar-refractivity contribution < 1.29 is 14.3 Å². The summed E-state index contributed by atoms with van der Waals surface area (Å²) in [5, 5.41) is 8.05. The second-order valence-corrected chi connectivity index (χ2v) is 7.34. The summed E-state index contributed by atoms with van der Waals surface area (Å²) in [6.45, 7) is 7.36. The van der Waals surface area contributed by atoms with Crippen molar-refractivity contribution in [2.24, 2.45) is 0 Å². The van der Waals surface area contributed by atoms with Crippen molar-refractivity contribution in [2.75, 3.05) is 19.7 Å². The van der Waals surface area contributed by atoms with E-state index in [2.05, 4.69) is 36.2 Å². The Kier molecular flexibility index (Phi) is 4.68. The van der Waals surface area contributed by atoms with Crippen LogP contribution in [0.5, 0.6) is 0 Å². The maximum Gasteiger partial charge on any atom is 0.410 e. The Labute approximate surface area is 147 Å². The van der Waals surface area contributed by atoms with E-state index < -0.39 is 5.60 Å². The highest BCUT2D eigenvalue weighted by Crippen LogP contribution is 2.15. The van der Waals surface area contributed by atoms with E-state index in [0.717, 1.165) is 0 Å². The van der Waals surface area contributed by atoms with Crippen molar-refractivity contribution in [1.29, 1.82) is 0 Å². The highest BCUT2D eigenvalue weighted by atomic mass is 79.9. The summed E-state index contributed by atoms with van der Waals surface area (Å²) >= 11 is 3.29. The molecule has 1 atom stereocenters. The second kappa shape index (κ2) is 6.60. The number of hydrogen-bond acceptors (Lipinski definition) is 7. The van der Waals surface area contributed by atoms with Gasteiger partial charge in [0.05, 0.1) is 32.0 Å². The lowest BCUT2D eigenvalue weighted by atomic mass is 10.2.